The highest BCUT2D eigenvalue weighted by Gasteiger charge is 2.25. The number of aliphatic imine (C=N–C) groups is 1. The Labute approximate surface area is 166 Å². The van der Waals surface area contributed by atoms with E-state index in [0.29, 0.717) is 38.3 Å². The first-order valence-corrected chi connectivity index (χ1v) is 8.52. The summed E-state index contributed by atoms with van der Waals surface area (Å²) in [5.74, 6) is 0.553. The van der Waals surface area contributed by atoms with Crippen LogP contribution in [-0.4, -0.2) is 49.4 Å². The molecule has 0 saturated carbocycles. The number of amides is 2. The number of carbonyl (C=O) groups excluding carboxylic acids is 2. The van der Waals surface area contributed by atoms with Crippen LogP contribution in [0.5, 0.6) is 0 Å². The number of hydrogen-bond acceptors (Lipinski definition) is 3. The van der Waals surface area contributed by atoms with Crippen LogP contribution in [-0.2, 0) is 16.0 Å². The molecule has 1 saturated heterocycles. The summed E-state index contributed by atoms with van der Waals surface area (Å²) in [5.41, 5.74) is 1.32. The van der Waals surface area contributed by atoms with Gasteiger partial charge in [-0.2, -0.15) is 0 Å². The van der Waals surface area contributed by atoms with E-state index in [1.165, 1.54) is 10.5 Å². The topological polar surface area (TPSA) is 73.8 Å². The summed E-state index contributed by atoms with van der Waals surface area (Å²) < 4.78 is 0. The van der Waals surface area contributed by atoms with Crippen LogP contribution in [0, 0.1) is 0 Å². The van der Waals surface area contributed by atoms with Crippen LogP contribution >= 0.6 is 24.0 Å². The first kappa shape index (κ1) is 21.4. The Morgan fingerprint density at radius 1 is 1.08 bits per heavy atom. The number of piperidine rings is 1. The van der Waals surface area contributed by atoms with Crippen molar-refractivity contribution in [2.24, 2.45) is 4.99 Å². The average molecular weight is 458 g/mol. The number of carbonyl (C=O) groups is 2. The number of nitrogens with one attached hydrogen (secondary N) is 2. The van der Waals surface area contributed by atoms with Gasteiger partial charge in [0.25, 0.3) is 0 Å². The van der Waals surface area contributed by atoms with Gasteiger partial charge in [-0.1, -0.05) is 30.3 Å². The molecule has 0 unspecified atom stereocenters. The van der Waals surface area contributed by atoms with Crippen LogP contribution < -0.4 is 10.6 Å². The molecule has 138 valence electrons. The molecule has 0 atom stereocenters. The lowest BCUT2D eigenvalue weighted by molar-refractivity contribution is -0.147. The summed E-state index contributed by atoms with van der Waals surface area (Å²) in [6.45, 7) is 1.72. The largest absolute Gasteiger partial charge is 0.356 e. The normalized spacial score (nSPS) is 14.9. The average Bonchev–Trinajstić information content (AvgIpc) is 2.60. The Kier molecular flexibility index (Phi) is 10.1. The molecule has 1 aliphatic rings. The summed E-state index contributed by atoms with van der Waals surface area (Å²) in [7, 11) is 1.71. The highest BCUT2D eigenvalue weighted by Crippen LogP contribution is 2.11. The van der Waals surface area contributed by atoms with Crippen LogP contribution in [0.2, 0.25) is 0 Å². The fourth-order valence-electron chi connectivity index (χ4n) is 2.70. The summed E-state index contributed by atoms with van der Waals surface area (Å²) in [6, 6.07) is 10.4. The third-order valence-electron chi connectivity index (χ3n) is 4.01. The van der Waals surface area contributed by atoms with Crippen LogP contribution in [0.4, 0.5) is 0 Å². The summed E-state index contributed by atoms with van der Waals surface area (Å²) in [6.07, 6.45) is 3.64. The molecule has 0 aromatic heterocycles. The lowest BCUT2D eigenvalue weighted by Gasteiger charge is -2.25. The molecule has 1 fully saturated rings. The predicted molar refractivity (Wildman–Crippen MR) is 110 cm³/mol. The lowest BCUT2D eigenvalue weighted by atomic mass is 10.1. The van der Waals surface area contributed by atoms with E-state index in [0.717, 1.165) is 19.4 Å². The van der Waals surface area contributed by atoms with Gasteiger partial charge < -0.3 is 10.6 Å². The SMILES string of the molecule is CN=C(NCCCc1ccccc1)NCCN1C(=O)CCCC1=O.I. The summed E-state index contributed by atoms with van der Waals surface area (Å²) >= 11 is 0. The molecule has 7 heteroatoms. The molecule has 2 amide bonds. The monoisotopic (exact) mass is 458 g/mol. The van der Waals surface area contributed by atoms with E-state index in [-0.39, 0.29) is 35.8 Å². The second kappa shape index (κ2) is 11.8. The second-order valence-corrected chi connectivity index (χ2v) is 5.81. The Morgan fingerprint density at radius 3 is 2.36 bits per heavy atom. The number of imide groups is 1. The van der Waals surface area contributed by atoms with E-state index < -0.39 is 0 Å². The van der Waals surface area contributed by atoms with Crippen molar-refractivity contribution in [1.82, 2.24) is 15.5 Å². The first-order chi connectivity index (χ1) is 11.7. The quantitative estimate of drug-likeness (QED) is 0.215. The van der Waals surface area contributed by atoms with Crippen LogP contribution in [0.1, 0.15) is 31.2 Å². The van der Waals surface area contributed by atoms with Gasteiger partial charge in [-0.15, -0.1) is 24.0 Å². The van der Waals surface area contributed by atoms with Gasteiger partial charge in [0.05, 0.1) is 0 Å². The number of likely N-dealkylation sites (tertiary alicyclic amines) is 1. The molecule has 6 nitrogen and oxygen atoms in total. The number of rotatable bonds is 7. The van der Waals surface area contributed by atoms with Crippen molar-refractivity contribution in [3.63, 3.8) is 0 Å². The van der Waals surface area contributed by atoms with E-state index in [1.807, 2.05) is 18.2 Å². The third kappa shape index (κ3) is 7.41. The molecule has 1 aromatic rings. The van der Waals surface area contributed by atoms with E-state index in [9.17, 15) is 9.59 Å². The Morgan fingerprint density at radius 2 is 1.72 bits per heavy atom. The van der Waals surface area contributed by atoms with Crippen LogP contribution in [0.25, 0.3) is 0 Å². The van der Waals surface area contributed by atoms with Gasteiger partial charge in [-0.25, -0.2) is 0 Å². The Balaban J connectivity index is 0.00000312. The molecule has 2 N–H and O–H groups in total. The standard InChI is InChI=1S/C18H26N4O2.HI/c1-19-18(20-12-6-9-15-7-3-2-4-8-15)21-13-14-22-16(23)10-5-11-17(22)24;/h2-4,7-8H,5-6,9-14H2,1H3,(H2,19,20,21);1H. The molecule has 0 radical (unpaired) electrons. The van der Waals surface area contributed by atoms with Crippen molar-refractivity contribution in [2.75, 3.05) is 26.7 Å². The molecule has 1 aliphatic heterocycles. The zero-order valence-electron chi connectivity index (χ0n) is 14.7. The number of halogens is 1. The second-order valence-electron chi connectivity index (χ2n) is 5.81. The smallest absolute Gasteiger partial charge is 0.229 e. The van der Waals surface area contributed by atoms with E-state index >= 15 is 0 Å². The predicted octanol–water partition coefficient (Wildman–Crippen LogP) is 1.94. The van der Waals surface area contributed by atoms with Gasteiger partial charge in [0, 0.05) is 39.5 Å². The van der Waals surface area contributed by atoms with Gasteiger partial charge in [0.15, 0.2) is 5.96 Å². The molecular weight excluding hydrogens is 431 g/mol. The summed E-state index contributed by atoms with van der Waals surface area (Å²) in [4.78, 5) is 29.0. The van der Waals surface area contributed by atoms with E-state index in [4.69, 9.17) is 0 Å². The first-order valence-electron chi connectivity index (χ1n) is 8.52. The molecule has 0 bridgehead atoms. The van der Waals surface area contributed by atoms with Crippen molar-refractivity contribution < 1.29 is 9.59 Å². The van der Waals surface area contributed by atoms with E-state index in [1.54, 1.807) is 7.05 Å². The number of aryl methyl sites for hydroxylation is 1. The van der Waals surface area contributed by atoms with Gasteiger partial charge in [-0.3, -0.25) is 19.5 Å². The van der Waals surface area contributed by atoms with Gasteiger partial charge in [-0.05, 0) is 24.8 Å². The molecule has 1 aromatic carbocycles. The molecule has 25 heavy (non-hydrogen) atoms. The number of nitrogens with zero attached hydrogens (tertiary/aromatic N) is 2. The molecule has 1 heterocycles. The van der Waals surface area contributed by atoms with Crippen molar-refractivity contribution in [3.8, 4) is 0 Å². The summed E-state index contributed by atoms with van der Waals surface area (Å²) in [5, 5.41) is 6.40. The van der Waals surface area contributed by atoms with Gasteiger partial charge in [0.2, 0.25) is 11.8 Å². The zero-order valence-corrected chi connectivity index (χ0v) is 17.0. The minimum Gasteiger partial charge on any atom is -0.356 e. The zero-order chi connectivity index (χ0) is 17.2. The fourth-order valence-corrected chi connectivity index (χ4v) is 2.70. The van der Waals surface area contributed by atoms with Crippen molar-refractivity contribution >= 4 is 41.8 Å². The molecule has 0 aliphatic carbocycles. The number of guanidine groups is 1. The minimum atomic E-state index is -0.0705. The van der Waals surface area contributed by atoms with Crippen molar-refractivity contribution in [1.29, 1.82) is 0 Å². The van der Waals surface area contributed by atoms with Gasteiger partial charge >= 0.3 is 0 Å². The third-order valence-corrected chi connectivity index (χ3v) is 4.01. The maximum absolute atomic E-state index is 11.7. The highest BCUT2D eigenvalue weighted by molar-refractivity contribution is 14.0. The maximum Gasteiger partial charge on any atom is 0.229 e. The van der Waals surface area contributed by atoms with Crippen molar-refractivity contribution in [2.45, 2.75) is 32.1 Å². The number of hydrogen-bond donors (Lipinski definition) is 2. The van der Waals surface area contributed by atoms with Crippen LogP contribution in [0.15, 0.2) is 35.3 Å². The maximum atomic E-state index is 11.7. The lowest BCUT2D eigenvalue weighted by Crippen LogP contribution is -2.46. The Bertz CT molecular complexity index is 562. The molecule has 2 rings (SSSR count). The van der Waals surface area contributed by atoms with Gasteiger partial charge in [0.1, 0.15) is 0 Å². The highest BCUT2D eigenvalue weighted by atomic mass is 127. The van der Waals surface area contributed by atoms with Crippen molar-refractivity contribution in [3.05, 3.63) is 35.9 Å². The van der Waals surface area contributed by atoms with E-state index in [2.05, 4.69) is 27.8 Å². The molecule has 0 spiro atoms. The minimum absolute atomic E-state index is 0. The van der Waals surface area contributed by atoms with Crippen LogP contribution in [0.3, 0.4) is 0 Å². The fraction of sp³-hybridized carbons (Fsp3) is 0.500. The molecular formula is C18H27IN4O2. The number of benzene rings is 1. The Hall–Kier alpha value is -1.64.